The smallest absolute Gasteiger partial charge is 0.209 e. The summed E-state index contributed by atoms with van der Waals surface area (Å²) in [5, 5.41) is 12.3. The minimum Gasteiger partial charge on any atom is -0.224 e. The van der Waals surface area contributed by atoms with Crippen LogP contribution in [0.2, 0.25) is 0 Å². The first-order valence-electron chi connectivity index (χ1n) is 6.30. The molecule has 17 heavy (non-hydrogen) atoms. The number of thiol groups is 1. The summed E-state index contributed by atoms with van der Waals surface area (Å²) in [6, 6.07) is 0. The van der Waals surface area contributed by atoms with E-state index in [9.17, 15) is 0 Å². The maximum absolute atomic E-state index is 4.21. The minimum atomic E-state index is 0.916. The highest BCUT2D eigenvalue weighted by atomic mass is 32.2. The van der Waals surface area contributed by atoms with Crippen molar-refractivity contribution in [2.45, 2.75) is 50.1 Å². The molecule has 1 aromatic heterocycles. The van der Waals surface area contributed by atoms with Crippen molar-refractivity contribution in [3.8, 4) is 0 Å². The lowest BCUT2D eigenvalue weighted by atomic mass is 10.1. The lowest BCUT2D eigenvalue weighted by molar-refractivity contribution is 0.605. The first kappa shape index (κ1) is 14.8. The number of aromatic nitrogens is 4. The zero-order valence-corrected chi connectivity index (χ0v) is 12.2. The third-order valence-electron chi connectivity index (χ3n) is 2.61. The highest BCUT2D eigenvalue weighted by Crippen LogP contribution is 2.16. The fourth-order valence-electron chi connectivity index (χ4n) is 1.60. The van der Waals surface area contributed by atoms with Crippen LogP contribution in [0.1, 0.15) is 44.9 Å². The van der Waals surface area contributed by atoms with Gasteiger partial charge in [0.05, 0.1) is 0 Å². The third kappa shape index (κ3) is 6.93. The molecule has 6 heteroatoms. The second kappa shape index (κ2) is 9.76. The van der Waals surface area contributed by atoms with E-state index in [1.165, 1.54) is 44.9 Å². The van der Waals surface area contributed by atoms with Gasteiger partial charge in [-0.1, -0.05) is 43.9 Å². The molecule has 0 N–H and O–H groups in total. The predicted octanol–water partition coefficient (Wildman–Crippen LogP) is 2.96. The van der Waals surface area contributed by atoms with Gasteiger partial charge in [-0.05, 0) is 29.0 Å². The van der Waals surface area contributed by atoms with Crippen molar-refractivity contribution >= 4 is 24.4 Å². The molecule has 0 radical (unpaired) electrons. The fourth-order valence-corrected chi connectivity index (χ4v) is 2.68. The van der Waals surface area contributed by atoms with Gasteiger partial charge in [-0.25, -0.2) is 4.68 Å². The number of thioether (sulfide) groups is 1. The van der Waals surface area contributed by atoms with E-state index < -0.39 is 0 Å². The molecule has 0 bridgehead atoms. The first-order valence-corrected chi connectivity index (χ1v) is 7.92. The Morgan fingerprint density at radius 1 is 1.06 bits per heavy atom. The average Bonchev–Trinajstić information content (AvgIpc) is 2.73. The molecule has 0 atom stereocenters. The summed E-state index contributed by atoms with van der Waals surface area (Å²) in [6.45, 7) is 0. The zero-order valence-electron chi connectivity index (χ0n) is 10.5. The minimum absolute atomic E-state index is 0.916. The van der Waals surface area contributed by atoms with Crippen LogP contribution in [0.25, 0.3) is 0 Å². The molecule has 0 saturated carbocycles. The van der Waals surface area contributed by atoms with Crippen LogP contribution < -0.4 is 0 Å². The molecule has 0 aromatic carbocycles. The van der Waals surface area contributed by atoms with Gasteiger partial charge < -0.3 is 0 Å². The Bertz CT molecular complexity index is 291. The van der Waals surface area contributed by atoms with Gasteiger partial charge in [0, 0.05) is 12.8 Å². The molecule has 1 heterocycles. The third-order valence-corrected chi connectivity index (χ3v) is 4.03. The number of aryl methyl sites for hydroxylation is 1. The first-order chi connectivity index (χ1) is 8.34. The number of hydrogen-bond acceptors (Lipinski definition) is 5. The summed E-state index contributed by atoms with van der Waals surface area (Å²) < 4.78 is 1.72. The molecule has 0 aliphatic heterocycles. The van der Waals surface area contributed by atoms with Crippen LogP contribution in [0.15, 0.2) is 5.16 Å². The van der Waals surface area contributed by atoms with Crippen molar-refractivity contribution < 1.29 is 0 Å². The Balaban J connectivity index is 1.86. The van der Waals surface area contributed by atoms with E-state index in [0.29, 0.717) is 0 Å². The van der Waals surface area contributed by atoms with Crippen LogP contribution in [-0.2, 0) is 7.05 Å². The van der Waals surface area contributed by atoms with Crippen LogP contribution in [0.4, 0.5) is 0 Å². The Labute approximate surface area is 113 Å². The summed E-state index contributed by atoms with van der Waals surface area (Å²) in [4.78, 5) is 0. The van der Waals surface area contributed by atoms with E-state index in [1.54, 1.807) is 16.4 Å². The second-order valence-corrected chi connectivity index (χ2v) is 5.64. The molecular formula is C11H22N4S2. The predicted molar refractivity (Wildman–Crippen MR) is 75.7 cm³/mol. The number of nitrogens with zero attached hydrogens (tertiary/aromatic N) is 4. The number of unbranched alkanes of at least 4 members (excludes halogenated alkanes) is 6. The van der Waals surface area contributed by atoms with Gasteiger partial charge in [-0.3, -0.25) is 0 Å². The molecule has 0 fully saturated rings. The van der Waals surface area contributed by atoms with Crippen molar-refractivity contribution in [2.75, 3.05) is 11.5 Å². The van der Waals surface area contributed by atoms with Crippen LogP contribution in [0.3, 0.4) is 0 Å². The number of rotatable bonds is 10. The van der Waals surface area contributed by atoms with E-state index >= 15 is 0 Å². The van der Waals surface area contributed by atoms with Crippen molar-refractivity contribution in [3.05, 3.63) is 0 Å². The molecule has 4 nitrogen and oxygen atoms in total. The Hall–Kier alpha value is -0.230. The van der Waals surface area contributed by atoms with Gasteiger partial charge in [0.15, 0.2) is 0 Å². The molecule has 0 unspecified atom stereocenters. The quantitative estimate of drug-likeness (QED) is 0.405. The molecule has 0 aliphatic carbocycles. The van der Waals surface area contributed by atoms with E-state index in [1.807, 2.05) is 7.05 Å². The summed E-state index contributed by atoms with van der Waals surface area (Å²) in [7, 11) is 1.88. The van der Waals surface area contributed by atoms with Crippen molar-refractivity contribution in [1.29, 1.82) is 0 Å². The standard InChI is InChI=1S/C11H22N4S2/c1-15-11(12-13-14-15)17-10-8-6-4-2-3-5-7-9-16/h16H,2-10H2,1H3. The van der Waals surface area contributed by atoms with Gasteiger partial charge in [0.1, 0.15) is 0 Å². The van der Waals surface area contributed by atoms with Crippen molar-refractivity contribution in [2.24, 2.45) is 7.05 Å². The topological polar surface area (TPSA) is 43.6 Å². The largest absolute Gasteiger partial charge is 0.224 e. The van der Waals surface area contributed by atoms with E-state index in [-0.39, 0.29) is 0 Å². The molecule has 0 amide bonds. The molecule has 98 valence electrons. The monoisotopic (exact) mass is 274 g/mol. The van der Waals surface area contributed by atoms with Crippen LogP contribution >= 0.6 is 24.4 Å². The van der Waals surface area contributed by atoms with E-state index in [0.717, 1.165) is 16.7 Å². The molecule has 1 rings (SSSR count). The molecule has 1 aromatic rings. The Morgan fingerprint density at radius 3 is 2.29 bits per heavy atom. The average molecular weight is 274 g/mol. The summed E-state index contributed by atoms with van der Waals surface area (Å²) in [5.41, 5.74) is 0. The molecule has 0 spiro atoms. The van der Waals surface area contributed by atoms with Crippen LogP contribution in [0.5, 0.6) is 0 Å². The van der Waals surface area contributed by atoms with Crippen molar-refractivity contribution in [3.63, 3.8) is 0 Å². The normalized spacial score (nSPS) is 10.9. The van der Waals surface area contributed by atoms with Gasteiger partial charge >= 0.3 is 0 Å². The maximum Gasteiger partial charge on any atom is 0.209 e. The lowest BCUT2D eigenvalue weighted by Crippen LogP contribution is -1.93. The highest BCUT2D eigenvalue weighted by molar-refractivity contribution is 7.99. The maximum atomic E-state index is 4.21. The fraction of sp³-hybridized carbons (Fsp3) is 0.909. The second-order valence-electron chi connectivity index (χ2n) is 4.13. The molecule has 0 aliphatic rings. The number of tetrazole rings is 1. The highest BCUT2D eigenvalue weighted by Gasteiger charge is 2.01. The summed E-state index contributed by atoms with van der Waals surface area (Å²) in [6.07, 6.45) is 9.25. The summed E-state index contributed by atoms with van der Waals surface area (Å²) in [5.74, 6) is 2.15. The Kier molecular flexibility index (Phi) is 8.52. The Morgan fingerprint density at radius 2 is 1.71 bits per heavy atom. The SMILES string of the molecule is Cn1nnnc1SCCCCCCCCCS. The number of hydrogen-bond donors (Lipinski definition) is 1. The van der Waals surface area contributed by atoms with E-state index in [2.05, 4.69) is 28.2 Å². The van der Waals surface area contributed by atoms with Gasteiger partial charge in [0.25, 0.3) is 0 Å². The zero-order chi connectivity index (χ0) is 12.3. The lowest BCUT2D eigenvalue weighted by Gasteiger charge is -2.01. The molecule has 0 saturated heterocycles. The molecular weight excluding hydrogens is 252 g/mol. The van der Waals surface area contributed by atoms with Crippen LogP contribution in [-0.4, -0.2) is 31.7 Å². The van der Waals surface area contributed by atoms with Gasteiger partial charge in [0.2, 0.25) is 5.16 Å². The van der Waals surface area contributed by atoms with Crippen molar-refractivity contribution in [1.82, 2.24) is 20.2 Å². The van der Waals surface area contributed by atoms with E-state index in [4.69, 9.17) is 0 Å². The summed E-state index contributed by atoms with van der Waals surface area (Å²) >= 11 is 5.95. The van der Waals surface area contributed by atoms with Gasteiger partial charge in [-0.2, -0.15) is 12.6 Å². The van der Waals surface area contributed by atoms with Crippen LogP contribution in [0, 0.1) is 0 Å². The van der Waals surface area contributed by atoms with Gasteiger partial charge in [-0.15, -0.1) is 5.10 Å².